The maximum Gasteiger partial charge on any atom is 0.0815 e. The zero-order chi connectivity index (χ0) is 14.5. The Hall–Kier alpha value is -1.77. The minimum absolute atomic E-state index is 0.466. The summed E-state index contributed by atoms with van der Waals surface area (Å²) in [6.07, 6.45) is 3.17. The molecule has 1 unspecified atom stereocenters. The van der Waals surface area contributed by atoms with Crippen LogP contribution in [0, 0.1) is 0 Å². The molecule has 20 heavy (non-hydrogen) atoms. The summed E-state index contributed by atoms with van der Waals surface area (Å²) in [4.78, 5) is 0. The van der Waals surface area contributed by atoms with Crippen LogP contribution in [0.2, 0.25) is 0 Å². The van der Waals surface area contributed by atoms with E-state index in [0.29, 0.717) is 12.0 Å². The number of benzene rings is 1. The van der Waals surface area contributed by atoms with Crippen LogP contribution in [0.25, 0.3) is 0 Å². The molecule has 0 aliphatic carbocycles. The lowest BCUT2D eigenvalue weighted by molar-refractivity contribution is 0.474. The van der Waals surface area contributed by atoms with Crippen LogP contribution < -0.4 is 5.32 Å². The summed E-state index contributed by atoms with van der Waals surface area (Å²) in [6, 6.07) is 11.2. The van der Waals surface area contributed by atoms with Crippen molar-refractivity contribution < 1.29 is 0 Å². The summed E-state index contributed by atoms with van der Waals surface area (Å²) in [5.74, 6) is 0.557. The molecule has 108 valence electrons. The summed E-state index contributed by atoms with van der Waals surface area (Å²) in [6.45, 7) is 9.57. The van der Waals surface area contributed by atoms with E-state index < -0.39 is 0 Å². The molecular weight excluding hydrogens is 246 g/mol. The summed E-state index contributed by atoms with van der Waals surface area (Å²) < 4.78 is 2.04. The fraction of sp³-hybridized carbons (Fsp3) is 0.471. The Kier molecular flexibility index (Phi) is 4.83. The van der Waals surface area contributed by atoms with Crippen LogP contribution in [0.3, 0.4) is 0 Å². The van der Waals surface area contributed by atoms with E-state index in [1.54, 1.807) is 0 Å². The van der Waals surface area contributed by atoms with Gasteiger partial charge >= 0.3 is 0 Å². The Morgan fingerprint density at radius 2 is 2.00 bits per heavy atom. The topological polar surface area (TPSA) is 29.9 Å². The third-order valence-electron chi connectivity index (χ3n) is 3.73. The molecule has 1 aromatic heterocycles. The van der Waals surface area contributed by atoms with E-state index in [0.717, 1.165) is 24.3 Å². The van der Waals surface area contributed by atoms with Gasteiger partial charge in [0.25, 0.3) is 0 Å². The first-order valence-electron chi connectivity index (χ1n) is 7.48. The van der Waals surface area contributed by atoms with Crippen molar-refractivity contribution in [3.63, 3.8) is 0 Å². The van der Waals surface area contributed by atoms with Crippen LogP contribution in [0.5, 0.6) is 0 Å². The van der Waals surface area contributed by atoms with Crippen LogP contribution in [-0.4, -0.2) is 9.78 Å². The number of aromatic nitrogens is 2. The van der Waals surface area contributed by atoms with E-state index in [-0.39, 0.29) is 0 Å². The van der Waals surface area contributed by atoms with Gasteiger partial charge < -0.3 is 5.32 Å². The fourth-order valence-corrected chi connectivity index (χ4v) is 2.10. The highest BCUT2D eigenvalue weighted by molar-refractivity contribution is 5.46. The normalized spacial score (nSPS) is 12.7. The highest BCUT2D eigenvalue weighted by Crippen LogP contribution is 2.19. The lowest BCUT2D eigenvalue weighted by Gasteiger charge is -2.10. The summed E-state index contributed by atoms with van der Waals surface area (Å²) in [7, 11) is 0. The highest BCUT2D eigenvalue weighted by Gasteiger charge is 2.05. The van der Waals surface area contributed by atoms with Crippen molar-refractivity contribution in [3.8, 4) is 0 Å². The molecule has 0 saturated carbocycles. The number of anilines is 1. The van der Waals surface area contributed by atoms with Crippen molar-refractivity contribution in [3.05, 3.63) is 47.8 Å². The predicted molar refractivity (Wildman–Crippen MR) is 85.1 cm³/mol. The Morgan fingerprint density at radius 3 is 2.70 bits per heavy atom. The Bertz CT molecular complexity index is 543. The molecule has 0 aliphatic heterocycles. The van der Waals surface area contributed by atoms with Crippen LogP contribution >= 0.6 is 0 Å². The highest BCUT2D eigenvalue weighted by atomic mass is 15.3. The second-order valence-electron chi connectivity index (χ2n) is 5.68. The Balaban J connectivity index is 1.98. The van der Waals surface area contributed by atoms with Gasteiger partial charge in [0.2, 0.25) is 0 Å². The number of rotatable bonds is 6. The van der Waals surface area contributed by atoms with Gasteiger partial charge in [-0.05, 0) is 43.0 Å². The summed E-state index contributed by atoms with van der Waals surface area (Å²) in [5.41, 5.74) is 3.61. The molecule has 0 fully saturated rings. The third-order valence-corrected chi connectivity index (χ3v) is 3.73. The van der Waals surface area contributed by atoms with Gasteiger partial charge in [-0.3, -0.25) is 4.68 Å². The third kappa shape index (κ3) is 3.62. The van der Waals surface area contributed by atoms with Gasteiger partial charge in [-0.15, -0.1) is 0 Å². The largest absolute Gasteiger partial charge is 0.379 e. The quantitative estimate of drug-likeness (QED) is 0.832. The van der Waals surface area contributed by atoms with E-state index >= 15 is 0 Å². The average molecular weight is 271 g/mol. The SMILES string of the molecule is CCC(C)n1ccc(CNc2cccc(C(C)C)c2)n1. The molecule has 1 atom stereocenters. The van der Waals surface area contributed by atoms with Gasteiger partial charge in [0, 0.05) is 17.9 Å². The lowest BCUT2D eigenvalue weighted by Crippen LogP contribution is -2.06. The van der Waals surface area contributed by atoms with Crippen LogP contribution in [-0.2, 0) is 6.54 Å². The number of hydrogen-bond acceptors (Lipinski definition) is 2. The molecule has 3 nitrogen and oxygen atoms in total. The van der Waals surface area contributed by atoms with E-state index in [2.05, 4.69) is 74.6 Å². The molecule has 0 aliphatic rings. The van der Waals surface area contributed by atoms with E-state index in [1.165, 1.54) is 5.56 Å². The molecule has 1 aromatic carbocycles. The lowest BCUT2D eigenvalue weighted by atomic mass is 10.0. The van der Waals surface area contributed by atoms with Gasteiger partial charge in [0.05, 0.1) is 12.2 Å². The molecule has 2 aromatic rings. The molecule has 0 radical (unpaired) electrons. The van der Waals surface area contributed by atoms with Crippen molar-refractivity contribution in [2.75, 3.05) is 5.32 Å². The second kappa shape index (κ2) is 6.60. The van der Waals surface area contributed by atoms with Crippen LogP contribution in [0.1, 0.15) is 57.3 Å². The van der Waals surface area contributed by atoms with Gasteiger partial charge in [0.1, 0.15) is 0 Å². The minimum atomic E-state index is 0.466. The van der Waals surface area contributed by atoms with Crippen LogP contribution in [0.4, 0.5) is 5.69 Å². The van der Waals surface area contributed by atoms with Crippen molar-refractivity contribution in [2.24, 2.45) is 0 Å². The Morgan fingerprint density at radius 1 is 1.20 bits per heavy atom. The van der Waals surface area contributed by atoms with Crippen molar-refractivity contribution in [2.45, 2.75) is 52.6 Å². The van der Waals surface area contributed by atoms with Gasteiger partial charge in [-0.1, -0.05) is 32.9 Å². The molecule has 0 saturated heterocycles. The number of nitrogens with zero attached hydrogens (tertiary/aromatic N) is 2. The standard InChI is InChI=1S/C17H25N3/c1-5-14(4)20-10-9-17(19-20)12-18-16-8-6-7-15(11-16)13(2)3/h6-11,13-14,18H,5,12H2,1-4H3. The number of nitrogens with one attached hydrogen (secondary N) is 1. The molecule has 1 heterocycles. The Labute approximate surface area is 122 Å². The van der Waals surface area contributed by atoms with Crippen molar-refractivity contribution >= 4 is 5.69 Å². The first-order valence-corrected chi connectivity index (χ1v) is 7.48. The van der Waals surface area contributed by atoms with Gasteiger partial charge in [-0.25, -0.2) is 0 Å². The first kappa shape index (κ1) is 14.6. The van der Waals surface area contributed by atoms with E-state index in [4.69, 9.17) is 0 Å². The number of hydrogen-bond donors (Lipinski definition) is 1. The van der Waals surface area contributed by atoms with Gasteiger partial charge in [0.15, 0.2) is 0 Å². The molecule has 0 spiro atoms. The van der Waals surface area contributed by atoms with Crippen molar-refractivity contribution in [1.29, 1.82) is 0 Å². The zero-order valence-electron chi connectivity index (χ0n) is 12.9. The average Bonchev–Trinajstić information content (AvgIpc) is 2.93. The maximum atomic E-state index is 4.61. The van der Waals surface area contributed by atoms with Gasteiger partial charge in [-0.2, -0.15) is 5.10 Å². The smallest absolute Gasteiger partial charge is 0.0815 e. The van der Waals surface area contributed by atoms with E-state index in [9.17, 15) is 0 Å². The summed E-state index contributed by atoms with van der Waals surface area (Å²) >= 11 is 0. The molecule has 1 N–H and O–H groups in total. The molecule has 0 amide bonds. The van der Waals surface area contributed by atoms with E-state index in [1.807, 2.05) is 4.68 Å². The fourth-order valence-electron chi connectivity index (χ4n) is 2.10. The van der Waals surface area contributed by atoms with Crippen molar-refractivity contribution in [1.82, 2.24) is 9.78 Å². The second-order valence-corrected chi connectivity index (χ2v) is 5.68. The molecular formula is C17H25N3. The summed E-state index contributed by atoms with van der Waals surface area (Å²) in [5, 5.41) is 8.06. The molecule has 2 rings (SSSR count). The minimum Gasteiger partial charge on any atom is -0.379 e. The predicted octanol–water partition coefficient (Wildman–Crippen LogP) is 4.59. The van der Waals surface area contributed by atoms with Crippen LogP contribution in [0.15, 0.2) is 36.5 Å². The monoisotopic (exact) mass is 271 g/mol. The maximum absolute atomic E-state index is 4.61. The molecule has 3 heteroatoms. The molecule has 0 bridgehead atoms. The first-order chi connectivity index (χ1) is 9.60. The zero-order valence-corrected chi connectivity index (χ0v) is 12.9.